The van der Waals surface area contributed by atoms with Crippen molar-refractivity contribution in [2.45, 2.75) is 11.3 Å². The first kappa shape index (κ1) is 17.8. The molecule has 26 heavy (non-hydrogen) atoms. The number of hydrogen-bond donors (Lipinski definition) is 2. The minimum Gasteiger partial charge on any atom is -0.368 e. The van der Waals surface area contributed by atoms with Crippen LogP contribution in [0, 0.1) is 5.82 Å². The van der Waals surface area contributed by atoms with Crippen molar-refractivity contribution < 1.29 is 12.8 Å². The number of hydrogen-bond acceptors (Lipinski definition) is 5. The molecule has 0 fully saturated rings. The summed E-state index contributed by atoms with van der Waals surface area (Å²) in [7, 11) is -3.84. The molecule has 3 aromatic rings. The van der Waals surface area contributed by atoms with E-state index in [1.54, 1.807) is 6.07 Å². The van der Waals surface area contributed by atoms with E-state index in [0.717, 1.165) is 18.6 Å². The highest BCUT2D eigenvalue weighted by molar-refractivity contribution is 7.92. The third-order valence-electron chi connectivity index (χ3n) is 3.59. The molecule has 2 N–H and O–H groups in total. The summed E-state index contributed by atoms with van der Waals surface area (Å²) in [6.07, 6.45) is 0.835. The van der Waals surface area contributed by atoms with Crippen LogP contribution in [-0.2, 0) is 16.4 Å². The molecule has 0 saturated carbocycles. The van der Waals surface area contributed by atoms with Gasteiger partial charge in [-0.3, -0.25) is 4.72 Å². The van der Waals surface area contributed by atoms with Crippen molar-refractivity contribution >= 4 is 21.7 Å². The first-order valence-corrected chi connectivity index (χ1v) is 9.41. The van der Waals surface area contributed by atoms with Gasteiger partial charge in [0.2, 0.25) is 0 Å². The number of anilines is 2. The molecule has 2 aromatic carbocycles. The molecule has 0 spiro atoms. The molecule has 0 aliphatic carbocycles. The Bertz CT molecular complexity index is 947. The maximum atomic E-state index is 12.9. The number of halogens is 1. The maximum absolute atomic E-state index is 12.9. The van der Waals surface area contributed by atoms with Gasteiger partial charge in [0.25, 0.3) is 10.0 Å². The van der Waals surface area contributed by atoms with Crippen LogP contribution in [0.1, 0.15) is 5.56 Å². The lowest BCUT2D eigenvalue weighted by Crippen LogP contribution is -2.15. The maximum Gasteiger partial charge on any atom is 0.263 e. The van der Waals surface area contributed by atoms with Crippen molar-refractivity contribution in [3.05, 3.63) is 78.1 Å². The lowest BCUT2D eigenvalue weighted by Gasteiger charge is -2.08. The first-order chi connectivity index (χ1) is 12.5. The second-order valence-electron chi connectivity index (χ2n) is 5.53. The van der Waals surface area contributed by atoms with Crippen molar-refractivity contribution in [3.63, 3.8) is 0 Å². The summed E-state index contributed by atoms with van der Waals surface area (Å²) in [4.78, 5) is -0.0502. The Hall–Kier alpha value is -3.00. The topological polar surface area (TPSA) is 84.0 Å². The standard InChI is InChI=1S/C18H17FN4O2S/c19-15-6-8-16(9-7-15)26(24,25)23-18-11-10-17(21-22-18)20-13-12-14-4-2-1-3-5-14/h1-11H,12-13H2,(H,20,21)(H,22,23). The highest BCUT2D eigenvalue weighted by atomic mass is 32.2. The predicted octanol–water partition coefficient (Wildman–Crippen LogP) is 3.07. The number of nitrogens with one attached hydrogen (secondary N) is 2. The van der Waals surface area contributed by atoms with Crippen molar-refractivity contribution in [1.29, 1.82) is 0 Å². The molecule has 0 radical (unpaired) electrons. The SMILES string of the molecule is O=S(=O)(Nc1ccc(NCCc2ccccc2)nn1)c1ccc(F)cc1. The Kier molecular flexibility index (Phi) is 5.43. The summed E-state index contributed by atoms with van der Waals surface area (Å²) in [5.74, 6) is 0.128. The largest absolute Gasteiger partial charge is 0.368 e. The van der Waals surface area contributed by atoms with E-state index >= 15 is 0 Å². The Morgan fingerprint density at radius 1 is 0.846 bits per heavy atom. The van der Waals surface area contributed by atoms with Crippen LogP contribution >= 0.6 is 0 Å². The smallest absolute Gasteiger partial charge is 0.263 e. The van der Waals surface area contributed by atoms with Gasteiger partial charge in [0.15, 0.2) is 5.82 Å². The van der Waals surface area contributed by atoms with Gasteiger partial charge < -0.3 is 5.32 Å². The molecular formula is C18H17FN4O2S. The van der Waals surface area contributed by atoms with E-state index in [2.05, 4.69) is 20.2 Å². The molecule has 0 saturated heterocycles. The van der Waals surface area contributed by atoms with Crippen LogP contribution in [0.3, 0.4) is 0 Å². The van der Waals surface area contributed by atoms with Crippen molar-refractivity contribution in [2.24, 2.45) is 0 Å². The minimum atomic E-state index is -3.84. The van der Waals surface area contributed by atoms with Crippen LogP contribution in [-0.4, -0.2) is 25.2 Å². The normalized spacial score (nSPS) is 11.1. The van der Waals surface area contributed by atoms with Gasteiger partial charge in [-0.2, -0.15) is 0 Å². The molecule has 0 atom stereocenters. The quantitative estimate of drug-likeness (QED) is 0.666. The fraction of sp³-hybridized carbons (Fsp3) is 0.111. The van der Waals surface area contributed by atoms with Gasteiger partial charge in [-0.25, -0.2) is 12.8 Å². The second-order valence-corrected chi connectivity index (χ2v) is 7.21. The Balaban J connectivity index is 1.58. The molecule has 3 rings (SSSR count). The zero-order valence-electron chi connectivity index (χ0n) is 13.8. The molecule has 1 aromatic heterocycles. The monoisotopic (exact) mass is 372 g/mol. The summed E-state index contributed by atoms with van der Waals surface area (Å²) in [6, 6.07) is 17.7. The van der Waals surface area contributed by atoms with Gasteiger partial charge >= 0.3 is 0 Å². The van der Waals surface area contributed by atoms with E-state index < -0.39 is 15.8 Å². The molecule has 0 aliphatic rings. The summed E-state index contributed by atoms with van der Waals surface area (Å²) < 4.78 is 39.6. The molecule has 134 valence electrons. The second kappa shape index (κ2) is 7.92. The first-order valence-electron chi connectivity index (χ1n) is 7.93. The van der Waals surface area contributed by atoms with E-state index in [4.69, 9.17) is 0 Å². The van der Waals surface area contributed by atoms with Crippen LogP contribution in [0.25, 0.3) is 0 Å². The molecule has 0 aliphatic heterocycles. The predicted molar refractivity (Wildman–Crippen MR) is 97.9 cm³/mol. The average Bonchev–Trinajstić information content (AvgIpc) is 2.64. The lowest BCUT2D eigenvalue weighted by molar-refractivity contribution is 0.599. The Labute approximate surface area is 151 Å². The van der Waals surface area contributed by atoms with E-state index in [1.807, 2.05) is 30.3 Å². The molecule has 1 heterocycles. The Morgan fingerprint density at radius 3 is 2.15 bits per heavy atom. The Morgan fingerprint density at radius 2 is 1.50 bits per heavy atom. The molecule has 8 heteroatoms. The number of nitrogens with zero attached hydrogens (tertiary/aromatic N) is 2. The molecular weight excluding hydrogens is 355 g/mol. The van der Waals surface area contributed by atoms with Crippen LogP contribution < -0.4 is 10.0 Å². The summed E-state index contributed by atoms with van der Waals surface area (Å²) >= 11 is 0. The molecule has 0 bridgehead atoms. The number of sulfonamides is 1. The van der Waals surface area contributed by atoms with Crippen LogP contribution in [0.4, 0.5) is 16.0 Å². The fourth-order valence-corrected chi connectivity index (χ4v) is 3.27. The molecule has 0 amide bonds. The van der Waals surface area contributed by atoms with E-state index in [1.165, 1.54) is 23.8 Å². The number of benzene rings is 2. The van der Waals surface area contributed by atoms with Gasteiger partial charge in [-0.15, -0.1) is 10.2 Å². The summed E-state index contributed by atoms with van der Waals surface area (Å²) in [5, 5.41) is 10.9. The number of aromatic nitrogens is 2. The van der Waals surface area contributed by atoms with Gasteiger partial charge in [0.1, 0.15) is 11.6 Å². The molecule has 0 unspecified atom stereocenters. The highest BCUT2D eigenvalue weighted by Crippen LogP contribution is 2.15. The van der Waals surface area contributed by atoms with Gasteiger partial charge in [-0.1, -0.05) is 30.3 Å². The van der Waals surface area contributed by atoms with Crippen molar-refractivity contribution in [1.82, 2.24) is 10.2 Å². The average molecular weight is 372 g/mol. The van der Waals surface area contributed by atoms with Crippen LogP contribution in [0.2, 0.25) is 0 Å². The number of rotatable bonds is 7. The van der Waals surface area contributed by atoms with Gasteiger partial charge in [-0.05, 0) is 48.4 Å². The fourth-order valence-electron chi connectivity index (χ4n) is 2.27. The third kappa shape index (κ3) is 4.76. The van der Waals surface area contributed by atoms with E-state index in [-0.39, 0.29) is 10.7 Å². The zero-order valence-corrected chi connectivity index (χ0v) is 14.6. The molecule has 6 nitrogen and oxygen atoms in total. The highest BCUT2D eigenvalue weighted by Gasteiger charge is 2.15. The van der Waals surface area contributed by atoms with E-state index in [0.29, 0.717) is 12.4 Å². The zero-order chi connectivity index (χ0) is 18.4. The van der Waals surface area contributed by atoms with Crippen LogP contribution in [0.15, 0.2) is 71.6 Å². The summed E-state index contributed by atoms with van der Waals surface area (Å²) in [5.41, 5.74) is 1.21. The summed E-state index contributed by atoms with van der Waals surface area (Å²) in [6.45, 7) is 0.680. The van der Waals surface area contributed by atoms with E-state index in [9.17, 15) is 12.8 Å². The minimum absolute atomic E-state index is 0.0502. The van der Waals surface area contributed by atoms with Gasteiger partial charge in [0.05, 0.1) is 4.90 Å². The lowest BCUT2D eigenvalue weighted by atomic mass is 10.1. The van der Waals surface area contributed by atoms with Crippen molar-refractivity contribution in [2.75, 3.05) is 16.6 Å². The third-order valence-corrected chi connectivity index (χ3v) is 4.96. The van der Waals surface area contributed by atoms with Gasteiger partial charge in [0, 0.05) is 6.54 Å². The van der Waals surface area contributed by atoms with Crippen LogP contribution in [0.5, 0.6) is 0 Å². The van der Waals surface area contributed by atoms with Crippen molar-refractivity contribution in [3.8, 4) is 0 Å².